The monoisotopic (exact) mass is 292 g/mol. The highest BCUT2D eigenvalue weighted by Gasteiger charge is 2.29. The van der Waals surface area contributed by atoms with Gasteiger partial charge in [-0.2, -0.15) is 0 Å². The maximum atomic E-state index is 12.2. The Morgan fingerprint density at radius 2 is 2.06 bits per heavy atom. The highest BCUT2D eigenvalue weighted by atomic mass is 32.2. The van der Waals surface area contributed by atoms with Crippen molar-refractivity contribution < 1.29 is 8.42 Å². The average molecular weight is 292 g/mol. The molecule has 0 saturated heterocycles. The Hall–Kier alpha value is -0.200. The molecule has 0 spiro atoms. The van der Waals surface area contributed by atoms with E-state index in [-0.39, 0.29) is 11.0 Å². The summed E-state index contributed by atoms with van der Waals surface area (Å²) < 4.78 is 27.2. The summed E-state index contributed by atoms with van der Waals surface area (Å²) in [5.74, 6) is 0.692. The smallest absolute Gasteiger partial charge is 0.221 e. The zero-order valence-electron chi connectivity index (χ0n) is 11.2. The molecule has 1 fully saturated rings. The lowest BCUT2D eigenvalue weighted by Crippen LogP contribution is -2.45. The van der Waals surface area contributed by atoms with Crippen molar-refractivity contribution in [1.82, 2.24) is 4.72 Å². The zero-order chi connectivity index (χ0) is 13.8. The first-order valence-electron chi connectivity index (χ1n) is 6.67. The van der Waals surface area contributed by atoms with Gasteiger partial charge < -0.3 is 5.73 Å². The molecule has 18 heavy (non-hydrogen) atoms. The van der Waals surface area contributed by atoms with Gasteiger partial charge in [0.2, 0.25) is 10.0 Å². The highest BCUT2D eigenvalue weighted by molar-refractivity contribution is 7.93. The first kappa shape index (κ1) is 15.9. The summed E-state index contributed by atoms with van der Waals surface area (Å²) in [5.41, 5.74) is 5.50. The Kier molecular flexibility index (Phi) is 6.01. The van der Waals surface area contributed by atoms with E-state index in [1.54, 1.807) is 6.92 Å². The summed E-state index contributed by atoms with van der Waals surface area (Å²) >= 11 is 4.84. The van der Waals surface area contributed by atoms with Crippen molar-refractivity contribution in [2.45, 2.75) is 63.7 Å². The molecule has 0 aromatic rings. The number of nitrogens with two attached hydrogens (primary N) is 1. The van der Waals surface area contributed by atoms with Gasteiger partial charge in [-0.25, -0.2) is 13.1 Å². The lowest BCUT2D eigenvalue weighted by atomic mass is 10.0. The topological polar surface area (TPSA) is 72.2 Å². The van der Waals surface area contributed by atoms with Crippen LogP contribution in [0.3, 0.4) is 0 Å². The standard InChI is InChI=1S/C12H24N2O2S2/c1-3-11(12(13)17)18(15,16)14-10-6-4-5-9(2)7-8-10/h9-11,14H,3-8H2,1-2H3,(H2,13,17). The summed E-state index contributed by atoms with van der Waals surface area (Å²) in [6.45, 7) is 4.01. The van der Waals surface area contributed by atoms with Crippen molar-refractivity contribution >= 4 is 27.2 Å². The molecule has 3 atom stereocenters. The molecule has 1 aliphatic rings. The number of sulfonamides is 1. The van der Waals surface area contributed by atoms with E-state index in [4.69, 9.17) is 18.0 Å². The van der Waals surface area contributed by atoms with E-state index >= 15 is 0 Å². The Morgan fingerprint density at radius 1 is 1.39 bits per heavy atom. The van der Waals surface area contributed by atoms with E-state index in [2.05, 4.69) is 11.6 Å². The lowest BCUT2D eigenvalue weighted by molar-refractivity contribution is 0.483. The van der Waals surface area contributed by atoms with Crippen LogP contribution in [0.5, 0.6) is 0 Å². The average Bonchev–Trinajstić information content (AvgIpc) is 2.43. The zero-order valence-corrected chi connectivity index (χ0v) is 12.8. The predicted molar refractivity (Wildman–Crippen MR) is 79.0 cm³/mol. The molecular weight excluding hydrogens is 268 g/mol. The fourth-order valence-corrected chi connectivity index (χ4v) is 4.65. The molecule has 1 saturated carbocycles. The van der Waals surface area contributed by atoms with Crippen molar-refractivity contribution in [1.29, 1.82) is 0 Å². The van der Waals surface area contributed by atoms with Gasteiger partial charge in [-0.3, -0.25) is 0 Å². The minimum atomic E-state index is -3.42. The molecule has 0 aromatic heterocycles. The maximum Gasteiger partial charge on any atom is 0.221 e. The highest BCUT2D eigenvalue weighted by Crippen LogP contribution is 2.23. The van der Waals surface area contributed by atoms with Crippen molar-refractivity contribution in [3.63, 3.8) is 0 Å². The number of hydrogen-bond donors (Lipinski definition) is 2. The third-order valence-electron chi connectivity index (χ3n) is 3.65. The van der Waals surface area contributed by atoms with Crippen molar-refractivity contribution in [3.8, 4) is 0 Å². The van der Waals surface area contributed by atoms with Gasteiger partial charge in [-0.1, -0.05) is 38.9 Å². The first-order chi connectivity index (χ1) is 8.36. The van der Waals surface area contributed by atoms with E-state index in [0.29, 0.717) is 12.3 Å². The molecule has 0 aliphatic heterocycles. The van der Waals surface area contributed by atoms with Crippen LogP contribution in [-0.2, 0) is 10.0 Å². The van der Waals surface area contributed by atoms with E-state index in [0.717, 1.165) is 25.7 Å². The van der Waals surface area contributed by atoms with Gasteiger partial charge in [0.1, 0.15) is 5.25 Å². The Labute approximate surface area is 116 Å². The Bertz CT molecular complexity index is 382. The van der Waals surface area contributed by atoms with Crippen LogP contribution in [0, 0.1) is 5.92 Å². The van der Waals surface area contributed by atoms with Crippen LogP contribution in [0.2, 0.25) is 0 Å². The second kappa shape index (κ2) is 6.82. The van der Waals surface area contributed by atoms with E-state index in [1.165, 1.54) is 6.42 Å². The minimum absolute atomic E-state index is 0.0448. The number of nitrogens with one attached hydrogen (secondary N) is 1. The Morgan fingerprint density at radius 3 is 2.61 bits per heavy atom. The molecule has 0 aromatic carbocycles. The molecule has 0 bridgehead atoms. The van der Waals surface area contributed by atoms with Crippen LogP contribution in [-0.4, -0.2) is 24.7 Å². The van der Waals surface area contributed by atoms with Crippen LogP contribution in [0.25, 0.3) is 0 Å². The fourth-order valence-electron chi connectivity index (χ4n) is 2.49. The third kappa shape index (κ3) is 4.48. The molecule has 1 rings (SSSR count). The second-order valence-corrected chi connectivity index (χ2v) is 7.64. The summed E-state index contributed by atoms with van der Waals surface area (Å²) in [4.78, 5) is 0.0620. The first-order valence-corrected chi connectivity index (χ1v) is 8.62. The summed E-state index contributed by atoms with van der Waals surface area (Å²) in [6, 6.07) is 0.0448. The molecule has 6 heteroatoms. The van der Waals surface area contributed by atoms with E-state index < -0.39 is 15.3 Å². The molecule has 1 aliphatic carbocycles. The summed E-state index contributed by atoms with van der Waals surface area (Å²) in [5, 5.41) is -0.742. The molecule has 0 amide bonds. The lowest BCUT2D eigenvalue weighted by Gasteiger charge is -2.21. The molecule has 0 heterocycles. The molecule has 3 N–H and O–H groups in total. The normalized spacial score (nSPS) is 27.4. The van der Waals surface area contributed by atoms with Gasteiger partial charge >= 0.3 is 0 Å². The van der Waals surface area contributed by atoms with Crippen molar-refractivity contribution in [2.75, 3.05) is 0 Å². The maximum absolute atomic E-state index is 12.2. The minimum Gasteiger partial charge on any atom is -0.392 e. The van der Waals surface area contributed by atoms with Gasteiger partial charge in [-0.15, -0.1) is 0 Å². The SMILES string of the molecule is CCC(C(N)=S)S(=O)(=O)NC1CCCC(C)CC1. The van der Waals surface area contributed by atoms with Gasteiger partial charge in [0.15, 0.2) is 0 Å². The van der Waals surface area contributed by atoms with Crippen LogP contribution in [0.4, 0.5) is 0 Å². The van der Waals surface area contributed by atoms with Gasteiger partial charge in [-0.05, 0) is 31.6 Å². The number of hydrogen-bond acceptors (Lipinski definition) is 3. The number of thiocarbonyl (C=S) groups is 1. The molecule has 0 radical (unpaired) electrons. The van der Waals surface area contributed by atoms with E-state index in [1.807, 2.05) is 0 Å². The third-order valence-corrected chi connectivity index (χ3v) is 6.08. The molecular formula is C12H24N2O2S2. The summed E-state index contributed by atoms with van der Waals surface area (Å²) in [7, 11) is -3.42. The van der Waals surface area contributed by atoms with Gasteiger partial charge in [0.25, 0.3) is 0 Å². The molecule has 106 valence electrons. The molecule has 4 nitrogen and oxygen atoms in total. The fraction of sp³-hybridized carbons (Fsp3) is 0.917. The Balaban J connectivity index is 2.67. The predicted octanol–water partition coefficient (Wildman–Crippen LogP) is 1.94. The van der Waals surface area contributed by atoms with Crippen LogP contribution in [0.1, 0.15) is 52.4 Å². The van der Waals surface area contributed by atoms with Crippen molar-refractivity contribution in [3.05, 3.63) is 0 Å². The second-order valence-electron chi connectivity index (χ2n) is 5.27. The molecule has 3 unspecified atom stereocenters. The number of rotatable bonds is 5. The van der Waals surface area contributed by atoms with Crippen LogP contribution < -0.4 is 10.5 Å². The van der Waals surface area contributed by atoms with Gasteiger partial charge in [0.05, 0.1) is 4.99 Å². The van der Waals surface area contributed by atoms with E-state index in [9.17, 15) is 8.42 Å². The quantitative estimate of drug-likeness (QED) is 0.600. The largest absolute Gasteiger partial charge is 0.392 e. The van der Waals surface area contributed by atoms with Crippen molar-refractivity contribution in [2.24, 2.45) is 11.7 Å². The summed E-state index contributed by atoms with van der Waals surface area (Å²) in [6.07, 6.45) is 5.60. The van der Waals surface area contributed by atoms with Gasteiger partial charge in [0, 0.05) is 6.04 Å². The van der Waals surface area contributed by atoms with Crippen LogP contribution >= 0.6 is 12.2 Å². The van der Waals surface area contributed by atoms with Crippen LogP contribution in [0.15, 0.2) is 0 Å².